The molecule has 2 nitrogen and oxygen atoms in total. The van der Waals surface area contributed by atoms with Gasteiger partial charge in [-0.25, -0.2) is 0 Å². The number of allylic oxidation sites excluding steroid dienone is 8. The van der Waals surface area contributed by atoms with Gasteiger partial charge in [0.05, 0.1) is 5.60 Å². The summed E-state index contributed by atoms with van der Waals surface area (Å²) in [4.78, 5) is 2.57. The van der Waals surface area contributed by atoms with Crippen LogP contribution in [-0.2, 0) is 0 Å². The molecule has 5 rings (SSSR count). The molecule has 144 valence electrons. The van der Waals surface area contributed by atoms with Gasteiger partial charge in [0.2, 0.25) is 0 Å². The molecular weight excluding hydrogens is 330 g/mol. The second-order valence-electron chi connectivity index (χ2n) is 10.1. The average Bonchev–Trinajstić information content (AvgIpc) is 2.82. The maximum absolute atomic E-state index is 11.9. The molecule has 0 spiro atoms. The predicted molar refractivity (Wildman–Crippen MR) is 111 cm³/mol. The third-order valence-electron chi connectivity index (χ3n) is 7.67. The van der Waals surface area contributed by atoms with E-state index in [1.807, 2.05) is 0 Å². The van der Waals surface area contributed by atoms with Crippen molar-refractivity contribution in [2.75, 3.05) is 6.54 Å². The zero-order chi connectivity index (χ0) is 18.8. The molecule has 2 heterocycles. The standard InChI is InChI=1S/C25H33NO/c1-24(2,3)25(27)14-13-19-22-10-6-7-15-26(22)16-20-18-9-5-4-8-17(18)11-12-21(25)23(19)20/h4,8,11,16,18,27H,5-7,9-10,12-15H2,1-3H3/t18?,25-/m1/s1. The van der Waals surface area contributed by atoms with Crippen LogP contribution < -0.4 is 0 Å². The van der Waals surface area contributed by atoms with Gasteiger partial charge in [0.25, 0.3) is 0 Å². The summed E-state index contributed by atoms with van der Waals surface area (Å²) in [6.45, 7) is 7.80. The van der Waals surface area contributed by atoms with Crippen LogP contribution in [0.4, 0.5) is 0 Å². The summed E-state index contributed by atoms with van der Waals surface area (Å²) in [7, 11) is 0. The largest absolute Gasteiger partial charge is 0.385 e. The van der Waals surface area contributed by atoms with E-state index < -0.39 is 5.60 Å². The van der Waals surface area contributed by atoms with Gasteiger partial charge in [-0.15, -0.1) is 0 Å². The van der Waals surface area contributed by atoms with E-state index in [0.29, 0.717) is 5.92 Å². The highest BCUT2D eigenvalue weighted by atomic mass is 16.3. The summed E-state index contributed by atoms with van der Waals surface area (Å²) < 4.78 is 0. The molecule has 0 aromatic rings. The molecule has 1 N–H and O–H groups in total. The average molecular weight is 364 g/mol. The van der Waals surface area contributed by atoms with E-state index in [0.717, 1.165) is 32.2 Å². The monoisotopic (exact) mass is 363 g/mol. The SMILES string of the molecule is CC(C)(C)[C@@]1(O)CCC2=C3CCCCN3C=C3C2=C1CC=C1C=CCCC13. The molecule has 2 atom stereocenters. The van der Waals surface area contributed by atoms with Crippen LogP contribution >= 0.6 is 0 Å². The van der Waals surface area contributed by atoms with Crippen LogP contribution in [0, 0.1) is 11.3 Å². The molecule has 1 saturated heterocycles. The summed E-state index contributed by atoms with van der Waals surface area (Å²) in [6, 6.07) is 0. The fourth-order valence-corrected chi connectivity index (χ4v) is 6.05. The minimum Gasteiger partial charge on any atom is -0.385 e. The van der Waals surface area contributed by atoms with Crippen molar-refractivity contribution in [3.63, 3.8) is 0 Å². The first kappa shape index (κ1) is 17.6. The highest BCUT2D eigenvalue weighted by molar-refractivity contribution is 5.63. The molecule has 1 fully saturated rings. The van der Waals surface area contributed by atoms with Crippen LogP contribution in [0.1, 0.15) is 72.1 Å². The van der Waals surface area contributed by atoms with Crippen LogP contribution in [-0.4, -0.2) is 22.2 Å². The van der Waals surface area contributed by atoms with Crippen LogP contribution in [0.5, 0.6) is 0 Å². The smallest absolute Gasteiger partial charge is 0.0919 e. The van der Waals surface area contributed by atoms with Gasteiger partial charge in [-0.2, -0.15) is 0 Å². The first-order chi connectivity index (χ1) is 12.9. The Morgan fingerprint density at radius 3 is 2.85 bits per heavy atom. The quantitative estimate of drug-likeness (QED) is 0.589. The Balaban J connectivity index is 1.76. The first-order valence-corrected chi connectivity index (χ1v) is 10.9. The van der Waals surface area contributed by atoms with Gasteiger partial charge in [-0.1, -0.05) is 39.0 Å². The molecule has 0 aromatic heterocycles. The van der Waals surface area contributed by atoms with E-state index in [4.69, 9.17) is 0 Å². The van der Waals surface area contributed by atoms with Gasteiger partial charge in [0, 0.05) is 24.4 Å². The van der Waals surface area contributed by atoms with Crippen molar-refractivity contribution >= 4 is 0 Å². The molecule has 3 aliphatic carbocycles. The number of piperidine rings is 1. The molecule has 1 unspecified atom stereocenters. The number of fused-ring (bicyclic) bond motifs is 3. The minimum atomic E-state index is -0.712. The van der Waals surface area contributed by atoms with Crippen LogP contribution in [0.3, 0.4) is 0 Å². The van der Waals surface area contributed by atoms with Crippen molar-refractivity contribution in [1.29, 1.82) is 0 Å². The Hall–Kier alpha value is -1.54. The molecule has 2 heteroatoms. The molecule has 2 aliphatic heterocycles. The maximum Gasteiger partial charge on any atom is 0.0919 e. The number of hydrogen-bond acceptors (Lipinski definition) is 2. The second kappa shape index (κ2) is 5.98. The van der Waals surface area contributed by atoms with E-state index in [2.05, 4.69) is 50.1 Å². The van der Waals surface area contributed by atoms with Crippen molar-refractivity contribution in [1.82, 2.24) is 4.90 Å². The van der Waals surface area contributed by atoms with Crippen LogP contribution in [0.2, 0.25) is 0 Å². The van der Waals surface area contributed by atoms with Gasteiger partial charge >= 0.3 is 0 Å². The van der Waals surface area contributed by atoms with Gasteiger partial charge < -0.3 is 10.0 Å². The Morgan fingerprint density at radius 1 is 1.19 bits per heavy atom. The normalized spacial score (nSPS) is 33.0. The van der Waals surface area contributed by atoms with E-state index in [-0.39, 0.29) is 5.41 Å². The molecule has 0 aromatic carbocycles. The highest BCUT2D eigenvalue weighted by Crippen LogP contribution is 2.56. The van der Waals surface area contributed by atoms with Gasteiger partial charge in [-0.05, 0) is 84.6 Å². The van der Waals surface area contributed by atoms with Crippen LogP contribution in [0.25, 0.3) is 0 Å². The molecular formula is C25H33NO. The highest BCUT2D eigenvalue weighted by Gasteiger charge is 2.49. The van der Waals surface area contributed by atoms with E-state index in [1.54, 1.807) is 11.3 Å². The number of nitrogens with zero attached hydrogens (tertiary/aromatic N) is 1. The lowest BCUT2D eigenvalue weighted by molar-refractivity contribution is -0.0363. The Morgan fingerprint density at radius 2 is 2.04 bits per heavy atom. The molecule has 0 radical (unpaired) electrons. The maximum atomic E-state index is 11.9. The van der Waals surface area contributed by atoms with Crippen molar-refractivity contribution in [3.8, 4) is 0 Å². The van der Waals surface area contributed by atoms with E-state index in [9.17, 15) is 5.11 Å². The molecule has 27 heavy (non-hydrogen) atoms. The number of rotatable bonds is 0. The third-order valence-corrected chi connectivity index (χ3v) is 7.67. The lowest BCUT2D eigenvalue weighted by Crippen LogP contribution is -2.48. The number of aliphatic hydroxyl groups is 1. The Kier molecular flexibility index (Phi) is 3.89. The van der Waals surface area contributed by atoms with Gasteiger partial charge in [0.1, 0.15) is 0 Å². The number of hydrogen-bond donors (Lipinski definition) is 1. The fraction of sp³-hybridized carbons (Fsp3) is 0.600. The van der Waals surface area contributed by atoms with Crippen molar-refractivity contribution in [3.05, 3.63) is 58.0 Å². The summed E-state index contributed by atoms with van der Waals surface area (Å²) in [5, 5.41) is 11.9. The first-order valence-electron chi connectivity index (χ1n) is 10.9. The topological polar surface area (TPSA) is 23.5 Å². The van der Waals surface area contributed by atoms with Gasteiger partial charge in [0.15, 0.2) is 0 Å². The zero-order valence-electron chi connectivity index (χ0n) is 17.1. The molecule has 5 aliphatic rings. The van der Waals surface area contributed by atoms with Crippen LogP contribution in [0.15, 0.2) is 58.0 Å². The summed E-state index contributed by atoms with van der Waals surface area (Å²) in [6.07, 6.45) is 18.5. The van der Waals surface area contributed by atoms with Crippen molar-refractivity contribution < 1.29 is 5.11 Å². The molecule has 0 amide bonds. The van der Waals surface area contributed by atoms with Crippen molar-refractivity contribution in [2.45, 2.75) is 77.7 Å². The molecule has 0 saturated carbocycles. The van der Waals surface area contributed by atoms with E-state index >= 15 is 0 Å². The fourth-order valence-electron chi connectivity index (χ4n) is 6.05. The Labute approximate surface area is 164 Å². The predicted octanol–water partition coefficient (Wildman–Crippen LogP) is 5.79. The lowest BCUT2D eigenvalue weighted by atomic mass is 9.61. The summed E-state index contributed by atoms with van der Waals surface area (Å²) in [5.41, 5.74) is 8.00. The summed E-state index contributed by atoms with van der Waals surface area (Å²) >= 11 is 0. The lowest BCUT2D eigenvalue weighted by Gasteiger charge is -2.49. The molecule has 0 bridgehead atoms. The summed E-state index contributed by atoms with van der Waals surface area (Å²) in [5.74, 6) is 0.503. The van der Waals surface area contributed by atoms with Crippen molar-refractivity contribution in [2.24, 2.45) is 11.3 Å². The second-order valence-corrected chi connectivity index (χ2v) is 10.1. The third kappa shape index (κ3) is 2.49. The zero-order valence-corrected chi connectivity index (χ0v) is 17.1. The van der Waals surface area contributed by atoms with Gasteiger partial charge in [-0.3, -0.25) is 0 Å². The minimum absolute atomic E-state index is 0.149. The Bertz CT molecular complexity index is 829. The van der Waals surface area contributed by atoms with E-state index in [1.165, 1.54) is 48.0 Å².